The highest BCUT2D eigenvalue weighted by Gasteiger charge is 2.22. The average Bonchev–Trinajstić information content (AvgIpc) is 3.37. The van der Waals surface area contributed by atoms with E-state index in [1.54, 1.807) is 0 Å². The number of phosphoric acid groups is 1. The Labute approximate surface area is 466 Å². The van der Waals surface area contributed by atoms with Crippen LogP contribution in [0.25, 0.3) is 0 Å². The first kappa shape index (κ1) is 73.5. The van der Waals surface area contributed by atoms with Crippen LogP contribution in [0.1, 0.15) is 328 Å². The molecule has 0 amide bonds. The van der Waals surface area contributed by atoms with E-state index in [1.807, 2.05) is 21.1 Å². The molecule has 9 nitrogen and oxygen atoms in total. The SMILES string of the molecule is CCCCC/C=C\C/C=C\CCCCCCCCCCCC(=O)OC(COC(=O)CCCCCCCCCCCCCCCCCCCCCCCCCCCCCCCCCC)COP(=O)([O-])OCC[N+](C)(C)C. The second-order valence-corrected chi connectivity index (χ2v) is 24.9. The van der Waals surface area contributed by atoms with Crippen LogP contribution in [0.15, 0.2) is 24.3 Å². The maximum absolute atomic E-state index is 12.8. The molecule has 444 valence electrons. The Bertz CT molecular complexity index is 1320. The Kier molecular flexibility index (Phi) is 56.0. The van der Waals surface area contributed by atoms with Crippen molar-refractivity contribution in [3.8, 4) is 0 Å². The number of esters is 2. The van der Waals surface area contributed by atoms with E-state index >= 15 is 0 Å². The third kappa shape index (κ3) is 61.6. The van der Waals surface area contributed by atoms with Crippen LogP contribution < -0.4 is 4.89 Å². The van der Waals surface area contributed by atoms with Crippen molar-refractivity contribution in [1.82, 2.24) is 0 Å². The minimum atomic E-state index is -4.64. The molecule has 0 aliphatic rings. The number of carbonyl (C=O) groups excluding carboxylic acids is 2. The van der Waals surface area contributed by atoms with Crippen LogP contribution in [0.3, 0.4) is 0 Å². The number of likely N-dealkylation sites (N-methyl/N-ethyl adjacent to an activating group) is 1. The van der Waals surface area contributed by atoms with Gasteiger partial charge in [-0.2, -0.15) is 0 Å². The maximum atomic E-state index is 12.8. The lowest BCUT2D eigenvalue weighted by Crippen LogP contribution is -2.37. The van der Waals surface area contributed by atoms with Crippen LogP contribution in [0.4, 0.5) is 0 Å². The van der Waals surface area contributed by atoms with E-state index in [0.717, 1.165) is 51.4 Å². The molecule has 2 unspecified atom stereocenters. The van der Waals surface area contributed by atoms with E-state index in [1.165, 1.54) is 244 Å². The molecule has 0 aliphatic heterocycles. The summed E-state index contributed by atoms with van der Waals surface area (Å²) in [7, 11) is 1.18. The fraction of sp³-hybridized carbons (Fsp3) is 0.908. The topological polar surface area (TPSA) is 111 Å². The Morgan fingerprint density at radius 3 is 1.08 bits per heavy atom. The van der Waals surface area contributed by atoms with E-state index in [4.69, 9.17) is 18.5 Å². The summed E-state index contributed by atoms with van der Waals surface area (Å²) in [6, 6.07) is 0. The highest BCUT2D eigenvalue weighted by Crippen LogP contribution is 2.38. The van der Waals surface area contributed by atoms with Gasteiger partial charge >= 0.3 is 11.9 Å². The van der Waals surface area contributed by atoms with Gasteiger partial charge in [0.1, 0.15) is 19.8 Å². The molecule has 75 heavy (non-hydrogen) atoms. The molecule has 0 aromatic heterocycles. The zero-order valence-corrected chi connectivity index (χ0v) is 51.4. The predicted molar refractivity (Wildman–Crippen MR) is 319 cm³/mol. The van der Waals surface area contributed by atoms with Crippen LogP contribution in [-0.4, -0.2) is 70.0 Å². The van der Waals surface area contributed by atoms with Crippen LogP contribution in [0, 0.1) is 0 Å². The van der Waals surface area contributed by atoms with Crippen LogP contribution in [0.5, 0.6) is 0 Å². The second kappa shape index (κ2) is 57.2. The minimum absolute atomic E-state index is 0.0292. The van der Waals surface area contributed by atoms with Crippen molar-refractivity contribution < 1.29 is 42.1 Å². The number of allylic oxidation sites excluding steroid dienone is 4. The lowest BCUT2D eigenvalue weighted by molar-refractivity contribution is -0.870. The summed E-state index contributed by atoms with van der Waals surface area (Å²) in [5.74, 6) is -0.820. The van der Waals surface area contributed by atoms with Gasteiger partial charge < -0.3 is 27.9 Å². The summed E-state index contributed by atoms with van der Waals surface area (Å²) >= 11 is 0. The van der Waals surface area contributed by atoms with Gasteiger partial charge in [-0.3, -0.25) is 14.2 Å². The number of carbonyl (C=O) groups is 2. The molecule has 0 aromatic carbocycles. The fourth-order valence-electron chi connectivity index (χ4n) is 9.69. The summed E-state index contributed by atoms with van der Waals surface area (Å²) < 4.78 is 34.2. The van der Waals surface area contributed by atoms with E-state index in [0.29, 0.717) is 17.4 Å². The molecule has 0 spiro atoms. The molecule has 0 radical (unpaired) electrons. The quantitative estimate of drug-likeness (QED) is 0.0195. The molecule has 0 saturated heterocycles. The third-order valence-electron chi connectivity index (χ3n) is 14.7. The Balaban J connectivity index is 3.98. The number of hydrogen-bond donors (Lipinski definition) is 0. The molecule has 0 aromatic rings. The first-order valence-corrected chi connectivity index (χ1v) is 34.0. The molecular formula is C65H126NO8P. The van der Waals surface area contributed by atoms with Gasteiger partial charge in [-0.1, -0.05) is 295 Å². The zero-order chi connectivity index (χ0) is 54.9. The number of unbranched alkanes of at least 4 members (excludes halogenated alkanes) is 43. The maximum Gasteiger partial charge on any atom is 0.306 e. The molecule has 0 bridgehead atoms. The van der Waals surface area contributed by atoms with E-state index in [2.05, 4.69) is 38.2 Å². The Hall–Kier alpha value is -1.51. The van der Waals surface area contributed by atoms with Crippen molar-refractivity contribution in [3.05, 3.63) is 24.3 Å². The van der Waals surface area contributed by atoms with E-state index in [-0.39, 0.29) is 32.0 Å². The lowest BCUT2D eigenvalue weighted by atomic mass is 10.0. The highest BCUT2D eigenvalue weighted by atomic mass is 31.2. The van der Waals surface area contributed by atoms with Crippen molar-refractivity contribution in [1.29, 1.82) is 0 Å². The fourth-order valence-corrected chi connectivity index (χ4v) is 10.4. The summed E-state index contributed by atoms with van der Waals surface area (Å²) in [5.41, 5.74) is 0. The van der Waals surface area contributed by atoms with Crippen LogP contribution in [0.2, 0.25) is 0 Å². The number of rotatable bonds is 61. The van der Waals surface area contributed by atoms with Gasteiger partial charge in [0, 0.05) is 12.8 Å². The highest BCUT2D eigenvalue weighted by molar-refractivity contribution is 7.45. The largest absolute Gasteiger partial charge is 0.756 e. The van der Waals surface area contributed by atoms with Gasteiger partial charge in [-0.15, -0.1) is 0 Å². The van der Waals surface area contributed by atoms with E-state index < -0.39 is 26.5 Å². The normalized spacial score (nSPS) is 13.3. The molecule has 0 N–H and O–H groups in total. The first-order valence-electron chi connectivity index (χ1n) is 32.5. The summed E-state index contributed by atoms with van der Waals surface area (Å²) in [6.07, 6.45) is 69.7. The monoisotopic (exact) mass is 1080 g/mol. The van der Waals surface area contributed by atoms with Crippen molar-refractivity contribution in [3.63, 3.8) is 0 Å². The third-order valence-corrected chi connectivity index (χ3v) is 15.7. The van der Waals surface area contributed by atoms with Gasteiger partial charge in [0.25, 0.3) is 7.82 Å². The van der Waals surface area contributed by atoms with Gasteiger partial charge in [-0.25, -0.2) is 0 Å². The predicted octanol–water partition coefficient (Wildman–Crippen LogP) is 19.9. The molecule has 0 heterocycles. The molecule has 0 fully saturated rings. The number of nitrogens with zero attached hydrogens (tertiary/aromatic N) is 1. The van der Waals surface area contributed by atoms with Gasteiger partial charge in [0.2, 0.25) is 0 Å². The van der Waals surface area contributed by atoms with Crippen LogP contribution in [-0.2, 0) is 32.7 Å². The second-order valence-electron chi connectivity index (χ2n) is 23.5. The van der Waals surface area contributed by atoms with Crippen molar-refractivity contribution >= 4 is 19.8 Å². The van der Waals surface area contributed by atoms with Crippen LogP contribution >= 0.6 is 7.82 Å². The molecule has 10 heteroatoms. The average molecular weight is 1080 g/mol. The van der Waals surface area contributed by atoms with Crippen molar-refractivity contribution in [2.45, 2.75) is 335 Å². The van der Waals surface area contributed by atoms with E-state index in [9.17, 15) is 19.0 Å². The summed E-state index contributed by atoms with van der Waals surface area (Å²) in [5, 5.41) is 0. The number of hydrogen-bond acceptors (Lipinski definition) is 8. The number of ether oxygens (including phenoxy) is 2. The summed E-state index contributed by atoms with van der Waals surface area (Å²) in [6.45, 7) is 4.27. The van der Waals surface area contributed by atoms with Crippen molar-refractivity contribution in [2.75, 3.05) is 47.5 Å². The Morgan fingerprint density at radius 2 is 0.720 bits per heavy atom. The first-order chi connectivity index (χ1) is 36.5. The summed E-state index contributed by atoms with van der Waals surface area (Å²) in [4.78, 5) is 37.9. The smallest absolute Gasteiger partial charge is 0.306 e. The standard InChI is InChI=1S/C65H126NO8P/c1-6-8-10-12-14-16-18-20-22-24-26-27-28-29-30-31-32-33-34-35-36-37-38-40-41-43-45-47-49-51-53-55-57-64(67)71-61-63(62-73-75(69,70)72-60-59-66(3,4)5)74-65(68)58-56-54-52-50-48-46-44-42-39-25-23-21-19-17-15-13-11-9-7-2/h15,17,21,23,63H,6-14,16,18-20,22,24-62H2,1-5H3/b17-15-,23-21-. The number of quaternary nitrogens is 1. The molecule has 2 atom stereocenters. The zero-order valence-electron chi connectivity index (χ0n) is 50.5. The van der Waals surface area contributed by atoms with Gasteiger partial charge in [-0.05, 0) is 44.9 Å². The Morgan fingerprint density at radius 1 is 0.413 bits per heavy atom. The molecule has 0 aliphatic carbocycles. The minimum Gasteiger partial charge on any atom is -0.756 e. The number of phosphoric ester groups is 1. The molecule has 0 saturated carbocycles. The van der Waals surface area contributed by atoms with Gasteiger partial charge in [0.15, 0.2) is 6.10 Å². The molecule has 0 rings (SSSR count). The van der Waals surface area contributed by atoms with Crippen molar-refractivity contribution in [2.24, 2.45) is 0 Å². The van der Waals surface area contributed by atoms with Gasteiger partial charge in [0.05, 0.1) is 27.7 Å². The molecular weight excluding hydrogens is 954 g/mol. The lowest BCUT2D eigenvalue weighted by Gasteiger charge is -2.28.